The first-order valence-electron chi connectivity index (χ1n) is 4.05. The Labute approximate surface area is 93.4 Å². The van der Waals surface area contributed by atoms with Gasteiger partial charge in [-0.2, -0.15) is 12.0 Å². The third-order valence-electron chi connectivity index (χ3n) is 1.77. The van der Waals surface area contributed by atoms with Crippen LogP contribution in [-0.2, 0) is 28.0 Å². The van der Waals surface area contributed by atoms with Crippen LogP contribution in [0.25, 0.3) is 0 Å². The van der Waals surface area contributed by atoms with Crippen LogP contribution >= 0.6 is 10.5 Å². The summed E-state index contributed by atoms with van der Waals surface area (Å²) in [5.41, 5.74) is 0. The molecule has 0 aromatic heterocycles. The Morgan fingerprint density at radius 3 is 2.00 bits per heavy atom. The average molecular weight is 275 g/mol. The van der Waals surface area contributed by atoms with E-state index in [2.05, 4.69) is 8.02 Å². The molecule has 1 heterocycles. The zero-order valence-corrected chi connectivity index (χ0v) is 10.1. The fourth-order valence-electron chi connectivity index (χ4n) is 1.29. The second-order valence-corrected chi connectivity index (χ2v) is 7.52. The van der Waals surface area contributed by atoms with E-state index in [0.29, 0.717) is 4.31 Å². The number of amides is 2. The first kappa shape index (κ1) is 13.4. The molecule has 0 aromatic carbocycles. The number of imide groups is 1. The van der Waals surface area contributed by atoms with E-state index in [1.165, 1.54) is 12.5 Å². The van der Waals surface area contributed by atoms with Gasteiger partial charge in [-0.05, 0) is 19.4 Å². The molecule has 0 atom stereocenters. The van der Waals surface area contributed by atoms with Gasteiger partial charge in [-0.15, -0.1) is 0 Å². The van der Waals surface area contributed by atoms with Crippen molar-refractivity contribution in [2.75, 3.05) is 12.5 Å². The summed E-state index contributed by atoms with van der Waals surface area (Å²) >= 11 is 0. The van der Waals surface area contributed by atoms with Crippen molar-refractivity contribution in [1.82, 2.24) is 4.31 Å². The van der Waals surface area contributed by atoms with Crippen molar-refractivity contribution in [1.29, 1.82) is 0 Å². The summed E-state index contributed by atoms with van der Waals surface area (Å²) in [7, 11) is -7.58. The second-order valence-electron chi connectivity index (χ2n) is 3.30. The summed E-state index contributed by atoms with van der Waals surface area (Å²) < 4.78 is 40.7. The van der Waals surface area contributed by atoms with Crippen LogP contribution in [0.5, 0.6) is 0 Å². The predicted molar refractivity (Wildman–Crippen MR) is 52.7 cm³/mol. The molecule has 1 aliphatic heterocycles. The van der Waals surface area contributed by atoms with Gasteiger partial charge in [0.15, 0.2) is 0 Å². The molecule has 0 saturated carbocycles. The average Bonchev–Trinajstić information content (AvgIpc) is 2.44. The van der Waals surface area contributed by atoms with Crippen LogP contribution in [0.15, 0.2) is 0 Å². The number of hydrogen-bond donors (Lipinski definition) is 0. The quantitative estimate of drug-likeness (QED) is 0.680. The maximum atomic E-state index is 11.6. The van der Waals surface area contributed by atoms with Gasteiger partial charge in [-0.3, -0.25) is 9.59 Å². The third kappa shape index (κ3) is 2.70. The number of rotatable bonds is 4. The van der Waals surface area contributed by atoms with Crippen molar-refractivity contribution in [2.24, 2.45) is 0 Å². The molecule has 7 nitrogen and oxygen atoms in total. The molecule has 0 unspecified atom stereocenters. The smallest absolute Gasteiger partial charge is 0.273 e. The summed E-state index contributed by atoms with van der Waals surface area (Å²) in [5, 5.41) is 0. The Hall–Kier alpha value is -0.710. The van der Waals surface area contributed by atoms with Gasteiger partial charge in [0.2, 0.25) is 11.8 Å². The number of hydrogen-bond acceptors (Lipinski definition) is 6. The predicted octanol–water partition coefficient (Wildman–Crippen LogP) is 0.192. The molecule has 1 saturated heterocycles. The summed E-state index contributed by atoms with van der Waals surface area (Å²) in [5.74, 6) is -1.09. The van der Waals surface area contributed by atoms with E-state index in [4.69, 9.17) is 0 Å². The van der Waals surface area contributed by atoms with Gasteiger partial charge in [-0.25, -0.2) is 4.31 Å². The summed E-state index contributed by atoms with van der Waals surface area (Å²) in [6.45, 7) is 0. The van der Waals surface area contributed by atoms with E-state index < -0.39 is 32.7 Å². The van der Waals surface area contributed by atoms with Crippen molar-refractivity contribution in [3.63, 3.8) is 0 Å². The number of halogens is 1. The first-order valence-corrected chi connectivity index (χ1v) is 7.71. The lowest BCUT2D eigenvalue weighted by Crippen LogP contribution is -2.34. The number of carbonyl (C=O) groups is 2. The highest BCUT2D eigenvalue weighted by molar-refractivity contribution is 8.30. The maximum absolute atomic E-state index is 11.6. The van der Waals surface area contributed by atoms with E-state index in [-0.39, 0.29) is 12.8 Å². The lowest BCUT2D eigenvalue weighted by molar-refractivity contribution is -0.132. The van der Waals surface area contributed by atoms with Gasteiger partial charge in [0.05, 0.1) is 0 Å². The Balaban J connectivity index is 2.93. The van der Waals surface area contributed by atoms with E-state index in [0.717, 1.165) is 0 Å². The monoisotopic (exact) mass is 275 g/mol. The highest BCUT2D eigenvalue weighted by atomic mass is 32.3. The standard InChI is InChI=1S/C6H10FNO6S2/c1-15(2,14-16(11,12)13-7)8-5(9)3-4-6(8)10/h3-4H2,1-2H3. The van der Waals surface area contributed by atoms with Crippen LogP contribution in [0.4, 0.5) is 4.53 Å². The minimum absolute atomic E-state index is 0.00481. The second kappa shape index (κ2) is 4.28. The Bertz CT molecular complexity index is 403. The summed E-state index contributed by atoms with van der Waals surface area (Å²) in [4.78, 5) is 22.6. The highest BCUT2D eigenvalue weighted by Crippen LogP contribution is 2.49. The van der Waals surface area contributed by atoms with Crippen molar-refractivity contribution in [3.05, 3.63) is 0 Å². The Morgan fingerprint density at radius 1 is 1.19 bits per heavy atom. The van der Waals surface area contributed by atoms with Crippen LogP contribution in [0, 0.1) is 0 Å². The van der Waals surface area contributed by atoms with Crippen LogP contribution in [0.2, 0.25) is 0 Å². The van der Waals surface area contributed by atoms with Gasteiger partial charge in [-0.1, -0.05) is 0 Å². The normalized spacial score (nSPS) is 19.3. The molecule has 10 heteroatoms. The van der Waals surface area contributed by atoms with Gasteiger partial charge in [0.25, 0.3) is 0 Å². The van der Waals surface area contributed by atoms with Gasteiger partial charge in [0, 0.05) is 25.4 Å². The van der Waals surface area contributed by atoms with E-state index in [9.17, 15) is 22.5 Å². The van der Waals surface area contributed by atoms with Crippen molar-refractivity contribution in [3.8, 4) is 0 Å². The topological polar surface area (TPSA) is 90.0 Å². The van der Waals surface area contributed by atoms with Crippen molar-refractivity contribution in [2.45, 2.75) is 12.8 Å². The zero-order chi connectivity index (χ0) is 12.6. The van der Waals surface area contributed by atoms with E-state index >= 15 is 0 Å². The largest absolute Gasteiger partial charge is 0.441 e. The first-order chi connectivity index (χ1) is 7.19. The van der Waals surface area contributed by atoms with E-state index in [1.54, 1.807) is 0 Å². The molecule has 0 spiro atoms. The highest BCUT2D eigenvalue weighted by Gasteiger charge is 2.41. The van der Waals surface area contributed by atoms with Crippen molar-refractivity contribution >= 4 is 32.7 Å². The van der Waals surface area contributed by atoms with Crippen molar-refractivity contribution < 1.29 is 30.6 Å². The number of carbonyl (C=O) groups excluding carboxylic acids is 2. The fraction of sp³-hybridized carbons (Fsp3) is 0.667. The molecule has 0 aromatic rings. The lowest BCUT2D eigenvalue weighted by atomic mass is 10.4. The van der Waals surface area contributed by atoms with E-state index in [1.807, 2.05) is 0 Å². The minimum Gasteiger partial charge on any atom is -0.273 e. The third-order valence-corrected chi connectivity index (χ3v) is 5.21. The molecule has 2 amide bonds. The lowest BCUT2D eigenvalue weighted by Gasteiger charge is -2.35. The summed E-state index contributed by atoms with van der Waals surface area (Å²) in [6, 6.07) is 0. The molecular formula is C6H10FNO6S2. The molecule has 1 fully saturated rings. The van der Waals surface area contributed by atoms with Gasteiger partial charge >= 0.3 is 10.4 Å². The zero-order valence-electron chi connectivity index (χ0n) is 8.51. The molecule has 0 bridgehead atoms. The van der Waals surface area contributed by atoms with Gasteiger partial charge in [0.1, 0.15) is 0 Å². The molecule has 0 radical (unpaired) electrons. The molecule has 0 N–H and O–H groups in total. The molecule has 1 rings (SSSR count). The van der Waals surface area contributed by atoms with Crippen LogP contribution in [0.3, 0.4) is 0 Å². The number of nitrogens with zero attached hydrogens (tertiary/aromatic N) is 1. The summed E-state index contributed by atoms with van der Waals surface area (Å²) in [6.07, 6.45) is 2.44. The molecule has 16 heavy (non-hydrogen) atoms. The molecular weight excluding hydrogens is 265 g/mol. The van der Waals surface area contributed by atoms with Crippen LogP contribution < -0.4 is 0 Å². The minimum atomic E-state index is -4.84. The van der Waals surface area contributed by atoms with Gasteiger partial charge < -0.3 is 0 Å². The SMILES string of the molecule is CS(C)(OS(=O)(=O)OF)N1C(=O)CCC1=O. The fourth-order valence-corrected chi connectivity index (χ4v) is 4.41. The molecule has 94 valence electrons. The van der Waals surface area contributed by atoms with Crippen LogP contribution in [-0.4, -0.2) is 37.0 Å². The molecule has 1 aliphatic rings. The molecule has 0 aliphatic carbocycles. The van der Waals surface area contributed by atoms with Crippen LogP contribution in [0.1, 0.15) is 12.8 Å². The Morgan fingerprint density at radius 2 is 1.62 bits per heavy atom. The Kier molecular flexibility index (Phi) is 3.57. The maximum Gasteiger partial charge on any atom is 0.441 e.